The fraction of sp³-hybridized carbons (Fsp3) is 0.583. The monoisotopic (exact) mass is 290 g/mol. The molecule has 21 heavy (non-hydrogen) atoms. The summed E-state index contributed by atoms with van der Waals surface area (Å²) in [6, 6.07) is 0. The van der Waals surface area contributed by atoms with E-state index in [1.165, 1.54) is 11.0 Å². The van der Waals surface area contributed by atoms with Crippen LogP contribution < -0.4 is 10.2 Å². The summed E-state index contributed by atoms with van der Waals surface area (Å²) >= 11 is 0. The minimum Gasteiger partial charge on any atom is -0.384 e. The Morgan fingerprint density at radius 2 is 2.19 bits per heavy atom. The van der Waals surface area contributed by atoms with Crippen molar-refractivity contribution in [1.29, 1.82) is 0 Å². The molecule has 1 atom stereocenters. The number of aromatic nitrogens is 6. The highest BCUT2D eigenvalue weighted by atomic mass is 16.5. The van der Waals surface area contributed by atoms with Crippen LogP contribution in [0.3, 0.4) is 0 Å². The summed E-state index contributed by atoms with van der Waals surface area (Å²) in [5, 5.41) is 7.01. The standard InChI is InChI=1S/C12H18N8O/c1-13-10-16-11(19-4-3-9(5-19)6-21-2)18-12(17-10)20-8-14-7-15-20/h7-9H,3-6H2,1-2H3,(H,13,16,17,18). The van der Waals surface area contributed by atoms with Crippen LogP contribution in [0, 0.1) is 5.92 Å². The van der Waals surface area contributed by atoms with Gasteiger partial charge in [0.2, 0.25) is 11.9 Å². The molecular formula is C12H18N8O. The van der Waals surface area contributed by atoms with E-state index in [0.29, 0.717) is 23.8 Å². The van der Waals surface area contributed by atoms with E-state index in [2.05, 4.69) is 35.3 Å². The van der Waals surface area contributed by atoms with Gasteiger partial charge in [0, 0.05) is 33.2 Å². The van der Waals surface area contributed by atoms with Gasteiger partial charge in [0.1, 0.15) is 12.7 Å². The lowest BCUT2D eigenvalue weighted by Crippen LogP contribution is -2.24. The first-order valence-corrected chi connectivity index (χ1v) is 6.83. The molecule has 9 heteroatoms. The maximum Gasteiger partial charge on any atom is 0.258 e. The quantitative estimate of drug-likeness (QED) is 0.820. The minimum atomic E-state index is 0.456. The van der Waals surface area contributed by atoms with Crippen LogP contribution >= 0.6 is 0 Å². The fourth-order valence-corrected chi connectivity index (χ4v) is 2.41. The van der Waals surface area contributed by atoms with E-state index in [0.717, 1.165) is 26.1 Å². The third kappa shape index (κ3) is 2.92. The van der Waals surface area contributed by atoms with Gasteiger partial charge in [-0.2, -0.15) is 24.7 Å². The molecule has 0 aliphatic carbocycles. The molecule has 2 aromatic heterocycles. The average Bonchev–Trinajstić information content (AvgIpc) is 3.18. The first kappa shape index (κ1) is 13.7. The van der Waals surface area contributed by atoms with E-state index < -0.39 is 0 Å². The van der Waals surface area contributed by atoms with Crippen LogP contribution in [-0.2, 0) is 4.74 Å². The maximum atomic E-state index is 5.22. The first-order chi connectivity index (χ1) is 10.3. The molecule has 3 rings (SSSR count). The van der Waals surface area contributed by atoms with E-state index in [-0.39, 0.29) is 0 Å². The number of nitrogens with one attached hydrogen (secondary N) is 1. The minimum absolute atomic E-state index is 0.456. The van der Waals surface area contributed by atoms with Crippen molar-refractivity contribution in [2.24, 2.45) is 5.92 Å². The van der Waals surface area contributed by atoms with Gasteiger partial charge in [-0.05, 0) is 6.42 Å². The number of ether oxygens (including phenoxy) is 1. The topological polar surface area (TPSA) is 93.9 Å². The SMILES string of the molecule is CNc1nc(N2CCC(COC)C2)nc(-n2cncn2)n1. The summed E-state index contributed by atoms with van der Waals surface area (Å²) in [5.41, 5.74) is 0. The molecular weight excluding hydrogens is 272 g/mol. The van der Waals surface area contributed by atoms with Crippen molar-refractivity contribution < 1.29 is 4.74 Å². The van der Waals surface area contributed by atoms with E-state index >= 15 is 0 Å². The van der Waals surface area contributed by atoms with Gasteiger partial charge in [-0.15, -0.1) is 0 Å². The zero-order chi connectivity index (χ0) is 14.7. The molecule has 0 spiro atoms. The summed E-state index contributed by atoms with van der Waals surface area (Å²) in [4.78, 5) is 19.3. The zero-order valence-electron chi connectivity index (χ0n) is 12.1. The van der Waals surface area contributed by atoms with E-state index in [1.54, 1.807) is 20.5 Å². The van der Waals surface area contributed by atoms with Crippen LogP contribution in [0.4, 0.5) is 11.9 Å². The third-order valence-corrected chi connectivity index (χ3v) is 3.43. The largest absolute Gasteiger partial charge is 0.384 e. The highest BCUT2D eigenvalue weighted by Gasteiger charge is 2.25. The number of rotatable bonds is 5. The van der Waals surface area contributed by atoms with Crippen molar-refractivity contribution in [3.05, 3.63) is 12.7 Å². The molecule has 9 nitrogen and oxygen atoms in total. The molecule has 0 amide bonds. The number of hydrogen-bond acceptors (Lipinski definition) is 8. The number of anilines is 2. The summed E-state index contributed by atoms with van der Waals surface area (Å²) in [5.74, 6) is 2.14. The molecule has 1 saturated heterocycles. The lowest BCUT2D eigenvalue weighted by Gasteiger charge is -2.17. The Morgan fingerprint density at radius 1 is 1.33 bits per heavy atom. The second-order valence-electron chi connectivity index (χ2n) is 4.91. The van der Waals surface area contributed by atoms with Crippen molar-refractivity contribution >= 4 is 11.9 Å². The lowest BCUT2D eigenvalue weighted by atomic mass is 10.1. The highest BCUT2D eigenvalue weighted by molar-refractivity contribution is 5.40. The van der Waals surface area contributed by atoms with Gasteiger partial charge >= 0.3 is 0 Å². The van der Waals surface area contributed by atoms with Gasteiger partial charge in [-0.1, -0.05) is 0 Å². The molecule has 1 unspecified atom stereocenters. The van der Waals surface area contributed by atoms with Crippen LogP contribution in [0.1, 0.15) is 6.42 Å². The predicted molar refractivity (Wildman–Crippen MR) is 76.5 cm³/mol. The molecule has 0 bridgehead atoms. The van der Waals surface area contributed by atoms with Crippen molar-refractivity contribution in [1.82, 2.24) is 29.7 Å². The third-order valence-electron chi connectivity index (χ3n) is 3.43. The maximum absolute atomic E-state index is 5.22. The molecule has 1 aliphatic rings. The van der Waals surface area contributed by atoms with E-state index in [4.69, 9.17) is 4.74 Å². The lowest BCUT2D eigenvalue weighted by molar-refractivity contribution is 0.161. The van der Waals surface area contributed by atoms with E-state index in [1.807, 2.05) is 0 Å². The fourth-order valence-electron chi connectivity index (χ4n) is 2.41. The molecule has 1 fully saturated rings. The second kappa shape index (κ2) is 6.00. The summed E-state index contributed by atoms with van der Waals surface area (Å²) in [6.07, 6.45) is 4.09. The predicted octanol–water partition coefficient (Wildman–Crippen LogP) is -0.0333. The number of nitrogens with zero attached hydrogens (tertiary/aromatic N) is 7. The summed E-state index contributed by atoms with van der Waals surface area (Å²) in [7, 11) is 3.51. The van der Waals surface area contributed by atoms with Crippen LogP contribution in [0.2, 0.25) is 0 Å². The molecule has 0 aromatic carbocycles. The van der Waals surface area contributed by atoms with Crippen molar-refractivity contribution in [3.63, 3.8) is 0 Å². The Kier molecular flexibility index (Phi) is 3.91. The molecule has 0 radical (unpaired) electrons. The van der Waals surface area contributed by atoms with E-state index in [9.17, 15) is 0 Å². The Balaban J connectivity index is 1.87. The van der Waals surface area contributed by atoms with Gasteiger partial charge in [0.05, 0.1) is 6.61 Å². The Morgan fingerprint density at radius 3 is 2.90 bits per heavy atom. The molecule has 112 valence electrons. The average molecular weight is 290 g/mol. The van der Waals surface area contributed by atoms with Crippen molar-refractivity contribution in [2.75, 3.05) is 44.1 Å². The molecule has 0 saturated carbocycles. The summed E-state index contributed by atoms with van der Waals surface area (Å²) < 4.78 is 6.75. The highest BCUT2D eigenvalue weighted by Crippen LogP contribution is 2.22. The van der Waals surface area contributed by atoms with Crippen LogP contribution in [-0.4, -0.2) is 63.6 Å². The normalized spacial score (nSPS) is 18.2. The molecule has 1 N–H and O–H groups in total. The van der Waals surface area contributed by atoms with Gasteiger partial charge in [-0.25, -0.2) is 4.98 Å². The zero-order valence-corrected chi connectivity index (χ0v) is 12.1. The van der Waals surface area contributed by atoms with Gasteiger partial charge in [0.15, 0.2) is 0 Å². The van der Waals surface area contributed by atoms with Crippen LogP contribution in [0.5, 0.6) is 0 Å². The van der Waals surface area contributed by atoms with Gasteiger partial charge < -0.3 is 15.0 Å². The second-order valence-corrected chi connectivity index (χ2v) is 4.91. The Bertz CT molecular complexity index is 587. The van der Waals surface area contributed by atoms with Crippen molar-refractivity contribution in [3.8, 4) is 5.95 Å². The number of methoxy groups -OCH3 is 1. The van der Waals surface area contributed by atoms with Crippen molar-refractivity contribution in [2.45, 2.75) is 6.42 Å². The van der Waals surface area contributed by atoms with Gasteiger partial charge in [0.25, 0.3) is 5.95 Å². The Labute approximate surface area is 122 Å². The van der Waals surface area contributed by atoms with Crippen LogP contribution in [0.25, 0.3) is 5.95 Å². The number of hydrogen-bond donors (Lipinski definition) is 1. The first-order valence-electron chi connectivity index (χ1n) is 6.83. The summed E-state index contributed by atoms with van der Waals surface area (Å²) in [6.45, 7) is 2.56. The van der Waals surface area contributed by atoms with Crippen LogP contribution in [0.15, 0.2) is 12.7 Å². The van der Waals surface area contributed by atoms with Gasteiger partial charge in [-0.3, -0.25) is 0 Å². The molecule has 1 aliphatic heterocycles. The molecule has 3 heterocycles. The Hall–Kier alpha value is -2.29. The smallest absolute Gasteiger partial charge is 0.258 e. The molecule has 2 aromatic rings.